The van der Waals surface area contributed by atoms with E-state index in [0.717, 1.165) is 30.4 Å². The number of aromatic nitrogens is 1. The molecule has 1 aliphatic rings. The molecule has 0 aliphatic heterocycles. The summed E-state index contributed by atoms with van der Waals surface area (Å²) >= 11 is 6.33. The Morgan fingerprint density at radius 3 is 2.65 bits per heavy atom. The molecule has 158 valence electrons. The molecule has 4 rings (SSSR count). The highest BCUT2D eigenvalue weighted by atomic mass is 35.5. The van der Waals surface area contributed by atoms with Gasteiger partial charge < -0.3 is 9.26 Å². The summed E-state index contributed by atoms with van der Waals surface area (Å²) in [7, 11) is 0. The molecule has 1 heterocycles. The number of esters is 1. The van der Waals surface area contributed by atoms with E-state index in [4.69, 9.17) is 20.9 Å². The molecule has 31 heavy (non-hydrogen) atoms. The molecule has 0 radical (unpaired) electrons. The highest BCUT2D eigenvalue weighted by molar-refractivity contribution is 6.32. The maximum atomic E-state index is 12.4. The van der Waals surface area contributed by atoms with E-state index in [0.29, 0.717) is 28.0 Å². The molecule has 0 N–H and O–H groups in total. The third-order valence-corrected chi connectivity index (χ3v) is 5.85. The number of aryl methyl sites for hydroxylation is 1. The summed E-state index contributed by atoms with van der Waals surface area (Å²) < 4.78 is 10.7. The second-order valence-corrected chi connectivity index (χ2v) is 8.16. The van der Waals surface area contributed by atoms with Gasteiger partial charge >= 0.3 is 5.97 Å². The number of benzene rings is 2. The fourth-order valence-corrected chi connectivity index (χ4v) is 3.87. The van der Waals surface area contributed by atoms with Crippen molar-refractivity contribution in [2.75, 3.05) is 0 Å². The van der Waals surface area contributed by atoms with Crippen molar-refractivity contribution in [3.63, 3.8) is 0 Å². The lowest BCUT2D eigenvalue weighted by Gasteiger charge is -2.04. The second kappa shape index (κ2) is 9.85. The molecule has 1 aromatic heterocycles. The van der Waals surface area contributed by atoms with Gasteiger partial charge in [0.15, 0.2) is 12.4 Å². The van der Waals surface area contributed by atoms with Crippen LogP contribution < -0.4 is 0 Å². The van der Waals surface area contributed by atoms with Crippen molar-refractivity contribution in [2.45, 2.75) is 45.6 Å². The summed E-state index contributed by atoms with van der Waals surface area (Å²) in [4.78, 5) is 12.4. The molecule has 0 spiro atoms. The van der Waals surface area contributed by atoms with E-state index in [2.05, 4.69) is 36.1 Å². The standard InChI is InChI=1S/C26H24ClNO3/c1-2-18-7-11-21(12-8-18)25-16-23(31-28-25)17-30-26(29)22-14-13-20(24(27)15-22)10-9-19-5-3-4-6-19/h7-8,11-16,19H,2-6,17H2,1H3. The highest BCUT2D eigenvalue weighted by Crippen LogP contribution is 2.25. The van der Waals surface area contributed by atoms with Gasteiger partial charge in [0.1, 0.15) is 5.69 Å². The van der Waals surface area contributed by atoms with Gasteiger partial charge in [-0.25, -0.2) is 4.79 Å². The Bertz CT molecular complexity index is 1120. The first kappa shape index (κ1) is 21.2. The quantitative estimate of drug-likeness (QED) is 0.342. The lowest BCUT2D eigenvalue weighted by Crippen LogP contribution is -2.05. The number of carbonyl (C=O) groups is 1. The Kier molecular flexibility index (Phi) is 6.74. The number of ether oxygens (including phenoxy) is 1. The smallest absolute Gasteiger partial charge is 0.338 e. The van der Waals surface area contributed by atoms with Crippen LogP contribution in [0.3, 0.4) is 0 Å². The first-order valence-corrected chi connectivity index (χ1v) is 11.0. The van der Waals surface area contributed by atoms with Crippen molar-refractivity contribution in [1.82, 2.24) is 5.16 Å². The number of hydrogen-bond donors (Lipinski definition) is 0. The third-order valence-electron chi connectivity index (χ3n) is 5.53. The molecule has 1 aliphatic carbocycles. The van der Waals surface area contributed by atoms with Crippen LogP contribution in [-0.4, -0.2) is 11.1 Å². The summed E-state index contributed by atoms with van der Waals surface area (Å²) in [6.07, 6.45) is 5.79. The van der Waals surface area contributed by atoms with Crippen LogP contribution >= 0.6 is 11.6 Å². The Morgan fingerprint density at radius 2 is 1.94 bits per heavy atom. The normalized spacial score (nSPS) is 13.6. The molecule has 0 unspecified atom stereocenters. The number of carbonyl (C=O) groups excluding carboxylic acids is 1. The largest absolute Gasteiger partial charge is 0.454 e. The number of hydrogen-bond acceptors (Lipinski definition) is 4. The van der Waals surface area contributed by atoms with Crippen LogP contribution in [0, 0.1) is 17.8 Å². The van der Waals surface area contributed by atoms with Crippen LogP contribution in [-0.2, 0) is 17.8 Å². The van der Waals surface area contributed by atoms with Crippen LogP contribution in [0.25, 0.3) is 11.3 Å². The first-order chi connectivity index (χ1) is 15.1. The zero-order chi connectivity index (χ0) is 21.6. The van der Waals surface area contributed by atoms with Gasteiger partial charge in [-0.3, -0.25) is 0 Å². The Labute approximate surface area is 187 Å². The Balaban J connectivity index is 1.36. The minimum Gasteiger partial charge on any atom is -0.454 e. The summed E-state index contributed by atoms with van der Waals surface area (Å²) in [5.74, 6) is 6.90. The number of rotatable bonds is 5. The fraction of sp³-hybridized carbons (Fsp3) is 0.308. The first-order valence-electron chi connectivity index (χ1n) is 10.7. The molecule has 2 aromatic carbocycles. The molecule has 0 saturated heterocycles. The summed E-state index contributed by atoms with van der Waals surface area (Å²) in [5, 5.41) is 4.52. The lowest BCUT2D eigenvalue weighted by molar-refractivity contribution is 0.0437. The molecular formula is C26H24ClNO3. The summed E-state index contributed by atoms with van der Waals surface area (Å²) in [6, 6.07) is 15.0. The van der Waals surface area contributed by atoms with Gasteiger partial charge in [0.05, 0.1) is 10.6 Å². The molecule has 0 bridgehead atoms. The van der Waals surface area contributed by atoms with E-state index in [1.807, 2.05) is 12.1 Å². The van der Waals surface area contributed by atoms with Crippen LogP contribution in [0.1, 0.15) is 59.9 Å². The molecule has 1 fully saturated rings. The van der Waals surface area contributed by atoms with Gasteiger partial charge in [0.25, 0.3) is 0 Å². The van der Waals surface area contributed by atoms with Crippen LogP contribution in [0.2, 0.25) is 5.02 Å². The zero-order valence-electron chi connectivity index (χ0n) is 17.5. The fourth-order valence-electron chi connectivity index (χ4n) is 3.64. The summed E-state index contributed by atoms with van der Waals surface area (Å²) in [5.41, 5.74) is 4.04. The Morgan fingerprint density at radius 1 is 1.16 bits per heavy atom. The van der Waals surface area contributed by atoms with Gasteiger partial charge in [-0.05, 0) is 43.0 Å². The number of halogens is 1. The molecule has 0 atom stereocenters. The SMILES string of the molecule is CCc1ccc(-c2cc(COC(=O)c3ccc(C#CC4CCCC4)c(Cl)c3)on2)cc1. The van der Waals surface area contributed by atoms with Gasteiger partial charge in [-0.2, -0.15) is 0 Å². The van der Waals surface area contributed by atoms with E-state index < -0.39 is 5.97 Å². The zero-order valence-corrected chi connectivity index (χ0v) is 18.2. The van der Waals surface area contributed by atoms with E-state index >= 15 is 0 Å². The average molecular weight is 434 g/mol. The van der Waals surface area contributed by atoms with Crippen molar-refractivity contribution >= 4 is 17.6 Å². The van der Waals surface area contributed by atoms with Crippen molar-refractivity contribution in [3.05, 3.63) is 76.0 Å². The van der Waals surface area contributed by atoms with Gasteiger partial charge in [-0.15, -0.1) is 0 Å². The second-order valence-electron chi connectivity index (χ2n) is 7.75. The molecule has 5 heteroatoms. The van der Waals surface area contributed by atoms with Crippen LogP contribution in [0.4, 0.5) is 0 Å². The molecule has 0 amide bonds. The maximum absolute atomic E-state index is 12.4. The van der Waals surface area contributed by atoms with Crippen molar-refractivity contribution in [3.8, 4) is 23.1 Å². The lowest BCUT2D eigenvalue weighted by atomic mass is 10.1. The van der Waals surface area contributed by atoms with Crippen molar-refractivity contribution in [1.29, 1.82) is 0 Å². The highest BCUT2D eigenvalue weighted by Gasteiger charge is 2.14. The van der Waals surface area contributed by atoms with E-state index in [-0.39, 0.29) is 6.61 Å². The average Bonchev–Trinajstić information content (AvgIpc) is 3.49. The summed E-state index contributed by atoms with van der Waals surface area (Å²) in [6.45, 7) is 2.11. The van der Waals surface area contributed by atoms with E-state index in [1.165, 1.54) is 18.4 Å². The molecule has 3 aromatic rings. The van der Waals surface area contributed by atoms with Crippen LogP contribution in [0.5, 0.6) is 0 Å². The molecule has 1 saturated carbocycles. The van der Waals surface area contributed by atoms with Gasteiger partial charge in [0, 0.05) is 23.1 Å². The molecule has 4 nitrogen and oxygen atoms in total. The van der Waals surface area contributed by atoms with Gasteiger partial charge in [-0.1, -0.05) is 72.6 Å². The molecular weight excluding hydrogens is 410 g/mol. The van der Waals surface area contributed by atoms with Gasteiger partial charge in [0.2, 0.25) is 0 Å². The van der Waals surface area contributed by atoms with E-state index in [9.17, 15) is 4.79 Å². The monoisotopic (exact) mass is 433 g/mol. The van der Waals surface area contributed by atoms with Crippen molar-refractivity contribution in [2.24, 2.45) is 5.92 Å². The minimum atomic E-state index is -0.470. The van der Waals surface area contributed by atoms with Crippen LogP contribution in [0.15, 0.2) is 53.1 Å². The predicted octanol–water partition coefficient (Wildman–Crippen LogP) is 6.46. The Hall–Kier alpha value is -3.03. The predicted molar refractivity (Wildman–Crippen MR) is 121 cm³/mol. The number of nitrogens with zero attached hydrogens (tertiary/aromatic N) is 1. The third kappa shape index (κ3) is 5.37. The minimum absolute atomic E-state index is 0.000265. The topological polar surface area (TPSA) is 52.3 Å². The maximum Gasteiger partial charge on any atom is 0.338 e. The van der Waals surface area contributed by atoms with Crippen molar-refractivity contribution < 1.29 is 14.1 Å². The van der Waals surface area contributed by atoms with E-state index in [1.54, 1.807) is 24.3 Å².